The summed E-state index contributed by atoms with van der Waals surface area (Å²) in [7, 11) is -3.58. The van der Waals surface area contributed by atoms with E-state index in [1.807, 2.05) is 32.0 Å². The molecule has 182 valence electrons. The van der Waals surface area contributed by atoms with Crippen LogP contribution in [-0.4, -0.2) is 44.2 Å². The zero-order chi connectivity index (χ0) is 24.3. The number of carbonyl (C=O) groups excluding carboxylic acids is 2. The number of fused-ring (bicyclic) bond motifs is 1. The summed E-state index contributed by atoms with van der Waals surface area (Å²) in [5.41, 5.74) is 4.20. The molecule has 0 radical (unpaired) electrons. The van der Waals surface area contributed by atoms with E-state index in [-0.39, 0.29) is 23.3 Å². The molecule has 2 aromatic carbocycles. The lowest BCUT2D eigenvalue weighted by Gasteiger charge is -2.24. The molecule has 4 rings (SSSR count). The molecule has 0 saturated carbocycles. The van der Waals surface area contributed by atoms with Crippen molar-refractivity contribution in [1.82, 2.24) is 4.31 Å². The summed E-state index contributed by atoms with van der Waals surface area (Å²) in [5.74, 6) is -0.412. The number of rotatable bonds is 5. The van der Waals surface area contributed by atoms with Crippen molar-refractivity contribution in [3.63, 3.8) is 0 Å². The van der Waals surface area contributed by atoms with Crippen LogP contribution in [0.5, 0.6) is 0 Å². The Morgan fingerprint density at radius 3 is 2.26 bits per heavy atom. The van der Waals surface area contributed by atoms with Gasteiger partial charge in [-0.25, -0.2) is 8.42 Å². The highest BCUT2D eigenvalue weighted by molar-refractivity contribution is 7.89. The summed E-state index contributed by atoms with van der Waals surface area (Å²) in [6.45, 7) is 4.91. The minimum Gasteiger partial charge on any atom is -0.325 e. The summed E-state index contributed by atoms with van der Waals surface area (Å²) in [4.78, 5) is 27.4. The molecule has 1 fully saturated rings. The van der Waals surface area contributed by atoms with Crippen LogP contribution >= 0.6 is 0 Å². The molecule has 2 heterocycles. The number of nitrogens with zero attached hydrogens (tertiary/aromatic N) is 2. The zero-order valence-corrected chi connectivity index (χ0v) is 20.8. The molecular formula is C26H33N3O4S. The van der Waals surface area contributed by atoms with Crippen LogP contribution in [0.25, 0.3) is 0 Å². The third kappa shape index (κ3) is 5.50. The fraction of sp³-hybridized carbons (Fsp3) is 0.462. The molecule has 2 aliphatic heterocycles. The third-order valence-electron chi connectivity index (χ3n) is 6.49. The quantitative estimate of drug-likeness (QED) is 0.691. The Balaban J connectivity index is 1.57. The highest BCUT2D eigenvalue weighted by Gasteiger charge is 2.29. The van der Waals surface area contributed by atoms with Gasteiger partial charge in [0.05, 0.1) is 4.90 Å². The average molecular weight is 484 g/mol. The highest BCUT2D eigenvalue weighted by atomic mass is 32.2. The second-order valence-corrected chi connectivity index (χ2v) is 11.3. The molecule has 2 amide bonds. The van der Waals surface area contributed by atoms with E-state index in [1.165, 1.54) is 4.90 Å². The summed E-state index contributed by atoms with van der Waals surface area (Å²) in [6.07, 6.45) is 5.40. The predicted octanol–water partition coefficient (Wildman–Crippen LogP) is 4.18. The van der Waals surface area contributed by atoms with E-state index in [4.69, 9.17) is 0 Å². The van der Waals surface area contributed by atoms with Gasteiger partial charge in [-0.05, 0) is 86.6 Å². The summed E-state index contributed by atoms with van der Waals surface area (Å²) in [5, 5.41) is 2.89. The minimum atomic E-state index is -3.58. The Labute approximate surface area is 202 Å². The maximum absolute atomic E-state index is 13.3. The van der Waals surface area contributed by atoms with Crippen molar-refractivity contribution in [3.05, 3.63) is 53.1 Å². The molecule has 0 aliphatic carbocycles. The fourth-order valence-electron chi connectivity index (χ4n) is 4.88. The molecule has 7 nitrogen and oxygen atoms in total. The number of anilines is 2. The number of nitrogens with one attached hydrogen (secondary N) is 1. The first kappa shape index (κ1) is 24.4. The van der Waals surface area contributed by atoms with Gasteiger partial charge < -0.3 is 10.2 Å². The average Bonchev–Trinajstić information content (AvgIpc) is 3.13. The van der Waals surface area contributed by atoms with Crippen molar-refractivity contribution < 1.29 is 18.0 Å². The van der Waals surface area contributed by atoms with Gasteiger partial charge in [0.2, 0.25) is 21.8 Å². The number of hydrogen-bond acceptors (Lipinski definition) is 4. The molecule has 34 heavy (non-hydrogen) atoms. The lowest BCUT2D eigenvalue weighted by molar-refractivity contribution is -0.121. The molecule has 0 atom stereocenters. The van der Waals surface area contributed by atoms with Crippen LogP contribution in [0.15, 0.2) is 41.3 Å². The van der Waals surface area contributed by atoms with Gasteiger partial charge in [-0.1, -0.05) is 18.9 Å². The molecule has 0 bridgehead atoms. The van der Waals surface area contributed by atoms with E-state index in [2.05, 4.69) is 5.32 Å². The van der Waals surface area contributed by atoms with E-state index < -0.39 is 10.0 Å². The number of amides is 2. The van der Waals surface area contributed by atoms with Gasteiger partial charge >= 0.3 is 0 Å². The standard InChI is InChI=1S/C26H33N3O4S/c1-19-14-20(2)16-22(15-19)27-25(30)18-29-24-11-10-23(17-21(24)8-7-9-26(29)31)34(32,33)28-12-5-3-4-6-13-28/h10-11,14-17H,3-9,12-13,18H2,1-2H3,(H,27,30). The van der Waals surface area contributed by atoms with E-state index in [9.17, 15) is 18.0 Å². The van der Waals surface area contributed by atoms with E-state index >= 15 is 0 Å². The SMILES string of the molecule is Cc1cc(C)cc(NC(=O)CN2C(=O)CCCc3cc(S(=O)(=O)N4CCCCCC4)ccc32)c1. The minimum absolute atomic E-state index is 0.114. The van der Waals surface area contributed by atoms with Gasteiger partial charge in [0.1, 0.15) is 6.54 Å². The zero-order valence-electron chi connectivity index (χ0n) is 20.0. The molecule has 1 N–H and O–H groups in total. The van der Waals surface area contributed by atoms with Gasteiger partial charge in [0, 0.05) is 30.9 Å². The molecule has 8 heteroatoms. The van der Waals surface area contributed by atoms with Gasteiger partial charge in [-0.2, -0.15) is 4.31 Å². The topological polar surface area (TPSA) is 86.8 Å². The van der Waals surface area contributed by atoms with Crippen molar-refractivity contribution in [2.24, 2.45) is 0 Å². The lowest BCUT2D eigenvalue weighted by Crippen LogP contribution is -2.38. The maximum atomic E-state index is 13.3. The van der Waals surface area contributed by atoms with Crippen molar-refractivity contribution in [2.75, 3.05) is 29.9 Å². The number of benzene rings is 2. The Morgan fingerprint density at radius 1 is 0.912 bits per heavy atom. The predicted molar refractivity (Wildman–Crippen MR) is 134 cm³/mol. The monoisotopic (exact) mass is 483 g/mol. The number of aryl methyl sites for hydroxylation is 3. The summed E-state index contributed by atoms with van der Waals surface area (Å²) < 4.78 is 28.1. The van der Waals surface area contributed by atoms with Crippen molar-refractivity contribution >= 4 is 33.2 Å². The van der Waals surface area contributed by atoms with E-state index in [1.54, 1.807) is 22.5 Å². The summed E-state index contributed by atoms with van der Waals surface area (Å²) in [6, 6.07) is 10.8. The molecule has 0 unspecified atom stereocenters. The van der Waals surface area contributed by atoms with Crippen LogP contribution in [0.1, 0.15) is 55.2 Å². The van der Waals surface area contributed by atoms with Gasteiger partial charge in [0.15, 0.2) is 0 Å². The maximum Gasteiger partial charge on any atom is 0.244 e. The molecule has 0 spiro atoms. The smallest absolute Gasteiger partial charge is 0.244 e. The molecule has 2 aromatic rings. The first-order valence-electron chi connectivity index (χ1n) is 12.1. The van der Waals surface area contributed by atoms with Crippen LogP contribution < -0.4 is 10.2 Å². The summed E-state index contributed by atoms with van der Waals surface area (Å²) >= 11 is 0. The second kappa shape index (κ2) is 10.3. The Morgan fingerprint density at radius 2 is 1.59 bits per heavy atom. The van der Waals surface area contributed by atoms with Gasteiger partial charge in [-0.3, -0.25) is 9.59 Å². The van der Waals surface area contributed by atoms with Crippen molar-refractivity contribution in [3.8, 4) is 0 Å². The number of sulfonamides is 1. The largest absolute Gasteiger partial charge is 0.325 e. The van der Waals surface area contributed by atoms with Crippen LogP contribution in [0.4, 0.5) is 11.4 Å². The molecule has 2 aliphatic rings. The van der Waals surface area contributed by atoms with Crippen LogP contribution in [0, 0.1) is 13.8 Å². The van der Waals surface area contributed by atoms with E-state index in [0.717, 1.165) is 42.4 Å². The van der Waals surface area contributed by atoms with Crippen molar-refractivity contribution in [2.45, 2.75) is 63.7 Å². The van der Waals surface area contributed by atoms with Crippen LogP contribution in [-0.2, 0) is 26.0 Å². The Bertz CT molecular complexity index is 1160. The number of carbonyl (C=O) groups is 2. The van der Waals surface area contributed by atoms with Crippen LogP contribution in [0.2, 0.25) is 0 Å². The normalized spacial score (nSPS) is 17.6. The number of hydrogen-bond donors (Lipinski definition) is 1. The first-order valence-corrected chi connectivity index (χ1v) is 13.5. The first-order chi connectivity index (χ1) is 16.2. The second-order valence-electron chi connectivity index (χ2n) is 9.37. The highest BCUT2D eigenvalue weighted by Crippen LogP contribution is 2.31. The van der Waals surface area contributed by atoms with Gasteiger partial charge in [0.25, 0.3) is 0 Å². The lowest BCUT2D eigenvalue weighted by atomic mass is 10.1. The molecular weight excluding hydrogens is 450 g/mol. The fourth-order valence-corrected chi connectivity index (χ4v) is 6.45. The Hall–Kier alpha value is -2.71. The third-order valence-corrected chi connectivity index (χ3v) is 8.38. The molecule has 1 saturated heterocycles. The van der Waals surface area contributed by atoms with E-state index in [0.29, 0.717) is 43.7 Å². The van der Waals surface area contributed by atoms with Crippen molar-refractivity contribution in [1.29, 1.82) is 0 Å². The van der Waals surface area contributed by atoms with Gasteiger partial charge in [-0.15, -0.1) is 0 Å². The van der Waals surface area contributed by atoms with Crippen LogP contribution in [0.3, 0.4) is 0 Å². The molecule has 0 aromatic heterocycles. The Kier molecular flexibility index (Phi) is 7.38.